The second-order valence-corrected chi connectivity index (χ2v) is 4.67. The highest BCUT2D eigenvalue weighted by Gasteiger charge is 2.19. The molecule has 0 N–H and O–H groups in total. The average molecular weight is 283 g/mol. The first kappa shape index (κ1) is 13.7. The molecule has 0 aliphatic heterocycles. The largest absolute Gasteiger partial charge is 0.339 e. The molecule has 19 heavy (non-hydrogen) atoms. The number of hydrogen-bond acceptors (Lipinski definition) is 4. The molecule has 1 unspecified atom stereocenters. The maximum atomic E-state index is 13.6. The van der Waals surface area contributed by atoms with E-state index in [1.54, 1.807) is 13.0 Å². The highest BCUT2D eigenvalue weighted by atomic mass is 35.5. The van der Waals surface area contributed by atoms with Gasteiger partial charge in [0.25, 0.3) is 0 Å². The van der Waals surface area contributed by atoms with Gasteiger partial charge in [0.15, 0.2) is 5.82 Å². The lowest BCUT2D eigenvalue weighted by Gasteiger charge is -2.02. The van der Waals surface area contributed by atoms with E-state index in [1.165, 1.54) is 19.1 Å². The number of Topliss-reactive ketones (excluding diaryl/α,β-unsaturated/α-hetero) is 1. The van der Waals surface area contributed by atoms with Gasteiger partial charge in [0, 0.05) is 17.0 Å². The molecular weight excluding hydrogens is 271 g/mol. The Labute approximate surface area is 114 Å². The normalized spacial score (nSPS) is 12.4. The molecule has 0 saturated heterocycles. The molecule has 2 aromatic rings. The van der Waals surface area contributed by atoms with Gasteiger partial charge in [-0.1, -0.05) is 22.8 Å². The molecule has 0 bridgehead atoms. The van der Waals surface area contributed by atoms with Crippen LogP contribution in [0.3, 0.4) is 0 Å². The lowest BCUT2D eigenvalue weighted by atomic mass is 10.1. The van der Waals surface area contributed by atoms with Crippen LogP contribution < -0.4 is 0 Å². The van der Waals surface area contributed by atoms with Crippen LogP contribution in [-0.4, -0.2) is 15.9 Å². The number of nitrogens with zero attached hydrogens (tertiary/aromatic N) is 2. The molecule has 0 saturated carbocycles. The summed E-state index contributed by atoms with van der Waals surface area (Å²) in [5.74, 6) is -0.417. The number of rotatable bonds is 4. The summed E-state index contributed by atoms with van der Waals surface area (Å²) < 4.78 is 18.6. The topological polar surface area (TPSA) is 56.0 Å². The first-order valence-corrected chi connectivity index (χ1v) is 6.12. The van der Waals surface area contributed by atoms with E-state index in [-0.39, 0.29) is 18.1 Å². The van der Waals surface area contributed by atoms with Crippen LogP contribution in [-0.2, 0) is 11.2 Å². The van der Waals surface area contributed by atoms with Crippen LogP contribution in [0.2, 0.25) is 5.02 Å². The minimum absolute atomic E-state index is 0.0703. The summed E-state index contributed by atoms with van der Waals surface area (Å²) >= 11 is 5.92. The fourth-order valence-electron chi connectivity index (χ4n) is 1.55. The summed E-state index contributed by atoms with van der Waals surface area (Å²) in [4.78, 5) is 15.3. The van der Waals surface area contributed by atoms with Gasteiger partial charge in [-0.05, 0) is 26.0 Å². The molecule has 0 amide bonds. The Morgan fingerprint density at radius 3 is 2.89 bits per heavy atom. The van der Waals surface area contributed by atoms with Crippen LogP contribution in [0.4, 0.5) is 4.39 Å². The Balaban J connectivity index is 2.23. The van der Waals surface area contributed by atoms with Gasteiger partial charge in [-0.2, -0.15) is 4.98 Å². The Hall–Kier alpha value is -1.75. The monoisotopic (exact) mass is 282 g/mol. The van der Waals surface area contributed by atoms with Gasteiger partial charge in [-0.15, -0.1) is 0 Å². The van der Waals surface area contributed by atoms with Crippen molar-refractivity contribution in [3.05, 3.63) is 46.3 Å². The minimum atomic E-state index is -0.461. The van der Waals surface area contributed by atoms with E-state index in [0.29, 0.717) is 16.4 Å². The molecule has 0 spiro atoms. The molecule has 1 aromatic carbocycles. The Bertz CT molecular complexity index is 592. The second kappa shape index (κ2) is 5.48. The summed E-state index contributed by atoms with van der Waals surface area (Å²) in [5.41, 5.74) is 0.312. The van der Waals surface area contributed by atoms with Crippen molar-refractivity contribution in [2.45, 2.75) is 26.2 Å². The van der Waals surface area contributed by atoms with Crippen molar-refractivity contribution in [3.63, 3.8) is 0 Å². The lowest BCUT2D eigenvalue weighted by molar-refractivity contribution is -0.118. The van der Waals surface area contributed by atoms with Crippen molar-refractivity contribution < 1.29 is 13.7 Å². The molecular formula is C13H12ClFN2O2. The number of hydrogen-bond donors (Lipinski definition) is 0. The molecule has 1 aromatic heterocycles. The molecule has 1 heterocycles. The first-order chi connectivity index (χ1) is 8.99. The van der Waals surface area contributed by atoms with Crippen molar-refractivity contribution in [1.82, 2.24) is 10.1 Å². The third-order valence-electron chi connectivity index (χ3n) is 2.86. The zero-order valence-corrected chi connectivity index (χ0v) is 11.2. The highest BCUT2D eigenvalue weighted by Crippen LogP contribution is 2.22. The van der Waals surface area contributed by atoms with E-state index in [0.717, 1.165) is 0 Å². The van der Waals surface area contributed by atoms with Gasteiger partial charge in [0.05, 0.1) is 5.92 Å². The van der Waals surface area contributed by atoms with E-state index in [2.05, 4.69) is 10.1 Å². The van der Waals surface area contributed by atoms with Crippen molar-refractivity contribution in [1.29, 1.82) is 0 Å². The van der Waals surface area contributed by atoms with Gasteiger partial charge in [-0.25, -0.2) is 4.39 Å². The molecule has 1 atom stereocenters. The molecule has 0 fully saturated rings. The maximum Gasteiger partial charge on any atom is 0.236 e. The summed E-state index contributed by atoms with van der Waals surface area (Å²) in [6.07, 6.45) is 0.125. The summed E-state index contributed by atoms with van der Waals surface area (Å²) in [7, 11) is 0. The molecule has 6 heteroatoms. The van der Waals surface area contributed by atoms with Gasteiger partial charge < -0.3 is 4.52 Å². The first-order valence-electron chi connectivity index (χ1n) is 5.75. The molecule has 0 aliphatic rings. The summed E-state index contributed by atoms with van der Waals surface area (Å²) in [6.45, 7) is 3.12. The lowest BCUT2D eigenvalue weighted by Crippen LogP contribution is -2.04. The highest BCUT2D eigenvalue weighted by molar-refractivity contribution is 6.31. The van der Waals surface area contributed by atoms with Crippen LogP contribution in [0.1, 0.15) is 37.0 Å². The Morgan fingerprint density at radius 2 is 2.26 bits per heavy atom. The smallest absolute Gasteiger partial charge is 0.236 e. The number of halogens is 2. The molecule has 100 valence electrons. The number of benzene rings is 1. The van der Waals surface area contributed by atoms with E-state index in [4.69, 9.17) is 16.1 Å². The number of carbonyl (C=O) groups excluding carboxylic acids is 1. The third kappa shape index (κ3) is 2.98. The predicted octanol–water partition coefficient (Wildman–Crippen LogP) is 3.15. The van der Waals surface area contributed by atoms with Crippen LogP contribution in [0.15, 0.2) is 22.7 Å². The standard InChI is InChI=1S/C13H12ClFN2O2/c1-7(8(2)18)13-16-12(17-19-13)6-9-10(14)4-3-5-11(9)15/h3-5,7H,6H2,1-2H3. The van der Waals surface area contributed by atoms with Crippen LogP contribution in [0.5, 0.6) is 0 Å². The zero-order chi connectivity index (χ0) is 14.0. The van der Waals surface area contributed by atoms with Gasteiger partial charge in [0.2, 0.25) is 5.89 Å². The third-order valence-corrected chi connectivity index (χ3v) is 3.21. The van der Waals surface area contributed by atoms with Crippen LogP contribution >= 0.6 is 11.6 Å². The fraction of sp³-hybridized carbons (Fsp3) is 0.308. The second-order valence-electron chi connectivity index (χ2n) is 4.26. The van der Waals surface area contributed by atoms with Crippen molar-refractivity contribution in [2.75, 3.05) is 0 Å². The Morgan fingerprint density at radius 1 is 1.53 bits per heavy atom. The van der Waals surface area contributed by atoms with E-state index >= 15 is 0 Å². The van der Waals surface area contributed by atoms with Crippen molar-refractivity contribution >= 4 is 17.4 Å². The Kier molecular flexibility index (Phi) is 3.95. The quantitative estimate of drug-likeness (QED) is 0.864. The SMILES string of the molecule is CC(=O)C(C)c1nc(Cc2c(F)cccc2Cl)no1. The summed E-state index contributed by atoms with van der Waals surface area (Å²) in [5, 5.41) is 4.04. The molecule has 4 nitrogen and oxygen atoms in total. The zero-order valence-electron chi connectivity index (χ0n) is 10.5. The maximum absolute atomic E-state index is 13.6. The van der Waals surface area contributed by atoms with Crippen LogP contribution in [0.25, 0.3) is 0 Å². The van der Waals surface area contributed by atoms with E-state index in [9.17, 15) is 9.18 Å². The van der Waals surface area contributed by atoms with E-state index < -0.39 is 11.7 Å². The molecule has 2 rings (SSSR count). The molecule has 0 aliphatic carbocycles. The number of ketones is 1. The van der Waals surface area contributed by atoms with Crippen molar-refractivity contribution in [2.24, 2.45) is 0 Å². The molecule has 0 radical (unpaired) electrons. The number of carbonyl (C=O) groups is 1. The summed E-state index contributed by atoms with van der Waals surface area (Å²) in [6, 6.07) is 4.44. The van der Waals surface area contributed by atoms with Gasteiger partial charge >= 0.3 is 0 Å². The van der Waals surface area contributed by atoms with Gasteiger partial charge in [-0.3, -0.25) is 4.79 Å². The van der Waals surface area contributed by atoms with Crippen molar-refractivity contribution in [3.8, 4) is 0 Å². The fourth-order valence-corrected chi connectivity index (χ4v) is 1.78. The predicted molar refractivity (Wildman–Crippen MR) is 67.6 cm³/mol. The van der Waals surface area contributed by atoms with Gasteiger partial charge in [0.1, 0.15) is 11.6 Å². The average Bonchev–Trinajstić information content (AvgIpc) is 2.81. The van der Waals surface area contributed by atoms with Crippen LogP contribution in [0, 0.1) is 5.82 Å². The minimum Gasteiger partial charge on any atom is -0.339 e. The van der Waals surface area contributed by atoms with E-state index in [1.807, 2.05) is 0 Å². The number of aromatic nitrogens is 2.